The molecule has 1 aromatic heterocycles. The van der Waals surface area contributed by atoms with E-state index in [1.54, 1.807) is 18.2 Å². The minimum Gasteiger partial charge on any atom is -0.497 e. The molecule has 2 heterocycles. The highest BCUT2D eigenvalue weighted by Gasteiger charge is 2.32. The van der Waals surface area contributed by atoms with Crippen molar-refractivity contribution in [3.05, 3.63) is 95.4 Å². The summed E-state index contributed by atoms with van der Waals surface area (Å²) in [5.74, 6) is 1.60. The van der Waals surface area contributed by atoms with Crippen molar-refractivity contribution in [2.45, 2.75) is 25.5 Å². The van der Waals surface area contributed by atoms with E-state index in [1.165, 1.54) is 17.3 Å². The highest BCUT2D eigenvalue weighted by Crippen LogP contribution is 2.32. The molecule has 0 unspecified atom stereocenters. The van der Waals surface area contributed by atoms with Crippen LogP contribution in [0.5, 0.6) is 5.75 Å². The first-order valence-corrected chi connectivity index (χ1v) is 11.5. The van der Waals surface area contributed by atoms with Crippen LogP contribution in [0.3, 0.4) is 0 Å². The standard InChI is InChI=1S/C26H25N3O2S/c1-18(2)20-12-10-19(11-13-20)15-24-25(30)29(22-8-6-9-23(16-22)31-3)26(28-24)32-17-21-7-4-5-14-27-21/h4-16,18H,17H2,1-3H3/b24-15-. The number of rotatable bonds is 6. The number of nitrogens with zero attached hydrogens (tertiary/aromatic N) is 3. The number of methoxy groups -OCH3 is 1. The van der Waals surface area contributed by atoms with E-state index in [9.17, 15) is 4.79 Å². The fourth-order valence-corrected chi connectivity index (χ4v) is 4.26. The van der Waals surface area contributed by atoms with Gasteiger partial charge in [-0.15, -0.1) is 0 Å². The molecular formula is C26H25N3O2S. The summed E-state index contributed by atoms with van der Waals surface area (Å²) in [6.45, 7) is 4.32. The van der Waals surface area contributed by atoms with E-state index in [0.717, 1.165) is 16.9 Å². The van der Waals surface area contributed by atoms with Crippen LogP contribution >= 0.6 is 11.8 Å². The molecule has 162 valence electrons. The molecular weight excluding hydrogens is 418 g/mol. The molecule has 1 amide bonds. The number of aliphatic imine (C=N–C) groups is 1. The largest absolute Gasteiger partial charge is 0.497 e. The smallest absolute Gasteiger partial charge is 0.283 e. The lowest BCUT2D eigenvalue weighted by atomic mass is 10.0. The first-order chi connectivity index (χ1) is 15.5. The minimum absolute atomic E-state index is 0.158. The van der Waals surface area contributed by atoms with Crippen molar-refractivity contribution in [2.24, 2.45) is 4.99 Å². The summed E-state index contributed by atoms with van der Waals surface area (Å²) >= 11 is 1.49. The summed E-state index contributed by atoms with van der Waals surface area (Å²) in [6, 6.07) is 21.5. The van der Waals surface area contributed by atoms with Gasteiger partial charge in [0.25, 0.3) is 5.91 Å². The summed E-state index contributed by atoms with van der Waals surface area (Å²) in [4.78, 5) is 24.1. The van der Waals surface area contributed by atoms with Crippen LogP contribution in [0.1, 0.15) is 36.6 Å². The third-order valence-corrected chi connectivity index (χ3v) is 6.10. The van der Waals surface area contributed by atoms with Gasteiger partial charge in [0, 0.05) is 18.0 Å². The monoisotopic (exact) mass is 443 g/mol. The molecule has 0 saturated carbocycles. The van der Waals surface area contributed by atoms with E-state index in [0.29, 0.717) is 28.3 Å². The average Bonchev–Trinajstić information content (AvgIpc) is 3.13. The highest BCUT2D eigenvalue weighted by molar-refractivity contribution is 8.13. The van der Waals surface area contributed by atoms with Gasteiger partial charge >= 0.3 is 0 Å². The van der Waals surface area contributed by atoms with Gasteiger partial charge in [-0.1, -0.05) is 62.0 Å². The summed E-state index contributed by atoms with van der Waals surface area (Å²) in [5, 5.41) is 0.624. The van der Waals surface area contributed by atoms with Gasteiger partial charge in [-0.2, -0.15) is 0 Å². The number of benzene rings is 2. The predicted octanol–water partition coefficient (Wildman–Crippen LogP) is 5.89. The van der Waals surface area contributed by atoms with E-state index >= 15 is 0 Å². The summed E-state index contributed by atoms with van der Waals surface area (Å²) < 4.78 is 5.36. The number of ether oxygens (including phenoxy) is 1. The molecule has 0 atom stereocenters. The zero-order valence-corrected chi connectivity index (χ0v) is 19.2. The highest BCUT2D eigenvalue weighted by atomic mass is 32.2. The molecule has 3 aromatic rings. The quantitative estimate of drug-likeness (QED) is 0.446. The summed E-state index contributed by atoms with van der Waals surface area (Å²) in [7, 11) is 1.61. The first kappa shape index (κ1) is 21.8. The lowest BCUT2D eigenvalue weighted by molar-refractivity contribution is -0.113. The molecule has 4 rings (SSSR count). The van der Waals surface area contributed by atoms with Gasteiger partial charge in [-0.3, -0.25) is 14.7 Å². The molecule has 0 fully saturated rings. The van der Waals surface area contributed by atoms with Gasteiger partial charge in [-0.25, -0.2) is 4.99 Å². The average molecular weight is 444 g/mol. The fraction of sp³-hybridized carbons (Fsp3) is 0.192. The van der Waals surface area contributed by atoms with Crippen molar-refractivity contribution in [1.82, 2.24) is 4.98 Å². The molecule has 32 heavy (non-hydrogen) atoms. The van der Waals surface area contributed by atoms with Crippen LogP contribution in [-0.2, 0) is 10.5 Å². The molecule has 2 aromatic carbocycles. The second-order valence-electron chi connectivity index (χ2n) is 7.70. The van der Waals surface area contributed by atoms with Gasteiger partial charge in [-0.05, 0) is 47.4 Å². The lowest BCUT2D eigenvalue weighted by Crippen LogP contribution is -2.30. The molecule has 5 nitrogen and oxygen atoms in total. The van der Waals surface area contributed by atoms with Crippen LogP contribution in [0.4, 0.5) is 5.69 Å². The van der Waals surface area contributed by atoms with Crippen molar-refractivity contribution < 1.29 is 9.53 Å². The molecule has 1 aliphatic heterocycles. The number of carbonyl (C=O) groups is 1. The van der Waals surface area contributed by atoms with Crippen molar-refractivity contribution in [1.29, 1.82) is 0 Å². The van der Waals surface area contributed by atoms with E-state index in [4.69, 9.17) is 9.73 Å². The van der Waals surface area contributed by atoms with Crippen LogP contribution in [-0.4, -0.2) is 23.2 Å². The SMILES string of the molecule is COc1cccc(N2C(=O)/C(=C/c3ccc(C(C)C)cc3)N=C2SCc2ccccn2)c1. The van der Waals surface area contributed by atoms with Gasteiger partial charge in [0.2, 0.25) is 0 Å². The molecule has 0 radical (unpaired) electrons. The molecule has 6 heteroatoms. The Hall–Kier alpha value is -3.38. The van der Waals surface area contributed by atoms with Crippen LogP contribution in [0.25, 0.3) is 6.08 Å². The molecule has 0 spiro atoms. The first-order valence-electron chi connectivity index (χ1n) is 10.5. The lowest BCUT2D eigenvalue weighted by Gasteiger charge is -2.18. The number of thioether (sulfide) groups is 1. The van der Waals surface area contributed by atoms with Gasteiger partial charge in [0.15, 0.2) is 5.17 Å². The molecule has 0 saturated heterocycles. The van der Waals surface area contributed by atoms with Crippen molar-refractivity contribution in [3.63, 3.8) is 0 Å². The fourth-order valence-electron chi connectivity index (χ4n) is 3.33. The minimum atomic E-state index is -0.158. The maximum absolute atomic E-state index is 13.4. The van der Waals surface area contributed by atoms with E-state index in [-0.39, 0.29) is 5.91 Å². The maximum Gasteiger partial charge on any atom is 0.283 e. The zero-order valence-electron chi connectivity index (χ0n) is 18.4. The Morgan fingerprint density at radius 1 is 1.06 bits per heavy atom. The Morgan fingerprint density at radius 3 is 2.56 bits per heavy atom. The number of hydrogen-bond acceptors (Lipinski definition) is 5. The molecule has 0 bridgehead atoms. The predicted molar refractivity (Wildman–Crippen MR) is 132 cm³/mol. The second kappa shape index (κ2) is 9.83. The number of aromatic nitrogens is 1. The van der Waals surface area contributed by atoms with E-state index in [2.05, 4.69) is 31.0 Å². The van der Waals surface area contributed by atoms with Gasteiger partial charge < -0.3 is 4.74 Å². The Kier molecular flexibility index (Phi) is 6.71. The van der Waals surface area contributed by atoms with Crippen LogP contribution in [0.2, 0.25) is 0 Å². The Balaban J connectivity index is 1.66. The summed E-state index contributed by atoms with van der Waals surface area (Å²) in [5.41, 5.74) is 4.27. The number of amides is 1. The molecule has 1 aliphatic rings. The van der Waals surface area contributed by atoms with Crippen LogP contribution in [0.15, 0.2) is 83.6 Å². The number of anilines is 1. The van der Waals surface area contributed by atoms with Crippen LogP contribution < -0.4 is 9.64 Å². The molecule has 0 aliphatic carbocycles. The number of pyridine rings is 1. The van der Waals surface area contributed by atoms with Gasteiger partial charge in [0.1, 0.15) is 11.4 Å². The third kappa shape index (κ3) is 4.92. The maximum atomic E-state index is 13.4. The zero-order chi connectivity index (χ0) is 22.5. The Bertz CT molecular complexity index is 1160. The van der Waals surface area contributed by atoms with Gasteiger partial charge in [0.05, 0.1) is 18.5 Å². The van der Waals surface area contributed by atoms with Crippen molar-refractivity contribution >= 4 is 34.6 Å². The second-order valence-corrected chi connectivity index (χ2v) is 8.64. The van der Waals surface area contributed by atoms with Crippen molar-refractivity contribution in [3.8, 4) is 5.75 Å². The third-order valence-electron chi connectivity index (χ3n) is 5.12. The Labute approximate surface area is 192 Å². The normalized spacial score (nSPS) is 14.9. The summed E-state index contributed by atoms with van der Waals surface area (Å²) in [6.07, 6.45) is 3.61. The number of carbonyl (C=O) groups excluding carboxylic acids is 1. The topological polar surface area (TPSA) is 54.8 Å². The Morgan fingerprint density at radius 2 is 1.88 bits per heavy atom. The number of hydrogen-bond donors (Lipinski definition) is 0. The van der Waals surface area contributed by atoms with Crippen LogP contribution in [0, 0.1) is 0 Å². The van der Waals surface area contributed by atoms with E-state index < -0.39 is 0 Å². The molecule has 0 N–H and O–H groups in total. The number of amidine groups is 1. The van der Waals surface area contributed by atoms with Crippen molar-refractivity contribution in [2.75, 3.05) is 12.0 Å². The van der Waals surface area contributed by atoms with E-state index in [1.807, 2.05) is 60.7 Å².